The van der Waals surface area contributed by atoms with Crippen molar-refractivity contribution in [3.05, 3.63) is 144 Å². The van der Waals surface area contributed by atoms with Crippen LogP contribution in [0.3, 0.4) is 0 Å². The Labute approximate surface area is 332 Å². The van der Waals surface area contributed by atoms with Crippen LogP contribution in [0.1, 0.15) is 84.3 Å². The van der Waals surface area contributed by atoms with Gasteiger partial charge in [0, 0.05) is 59.6 Å². The zero-order valence-electron chi connectivity index (χ0n) is 31.4. The number of likely N-dealkylation sites (tertiary alicyclic amines) is 2. The maximum absolute atomic E-state index is 12.8. The van der Waals surface area contributed by atoms with Crippen LogP contribution in [0.15, 0.2) is 84.2 Å². The molecule has 2 aliphatic carbocycles. The van der Waals surface area contributed by atoms with Crippen molar-refractivity contribution in [3.63, 3.8) is 0 Å². The fraction of sp³-hybridized carbons (Fsp3) is 0.364. The Hall–Kier alpha value is -4.86. The predicted molar refractivity (Wildman–Crippen MR) is 215 cm³/mol. The number of benzene rings is 2. The molecule has 0 spiro atoms. The SMILES string of the molecule is CCOC(=O)N1CCC(=C2c3ccc(Cl)cc3CCc3ccc[n+]([O-])c32)CC1.CCOC(=O)N1CCC(=C2c3ccc(Cl)cc3CCc3cccnc32)CC1. The van der Waals surface area contributed by atoms with Gasteiger partial charge in [-0.15, -0.1) is 0 Å². The Bertz CT molecular complexity index is 2150. The van der Waals surface area contributed by atoms with Crippen LogP contribution in [0.25, 0.3) is 11.1 Å². The van der Waals surface area contributed by atoms with E-state index in [-0.39, 0.29) is 12.2 Å². The van der Waals surface area contributed by atoms with Crippen molar-refractivity contribution in [2.45, 2.75) is 65.2 Å². The van der Waals surface area contributed by atoms with Crippen molar-refractivity contribution in [2.75, 3.05) is 39.4 Å². The third kappa shape index (κ3) is 8.38. The first-order valence-corrected chi connectivity index (χ1v) is 20.0. The molecule has 4 heterocycles. The molecule has 0 saturated carbocycles. The lowest BCUT2D eigenvalue weighted by Crippen LogP contribution is -2.38. The molecule has 0 bridgehead atoms. The molecule has 8 rings (SSSR count). The van der Waals surface area contributed by atoms with Gasteiger partial charge < -0.3 is 24.5 Å². The number of carbonyl (C=O) groups excluding carboxylic acids is 2. The topological polar surface area (TPSA) is 98.9 Å². The maximum atomic E-state index is 12.8. The van der Waals surface area contributed by atoms with Crippen molar-refractivity contribution >= 4 is 46.5 Å². The van der Waals surface area contributed by atoms with Crippen LogP contribution in [-0.4, -0.2) is 66.4 Å². The van der Waals surface area contributed by atoms with Gasteiger partial charge in [-0.2, -0.15) is 4.73 Å². The average Bonchev–Trinajstić information content (AvgIpc) is 3.47. The number of halogens is 2. The molecule has 2 aromatic heterocycles. The number of rotatable bonds is 2. The number of fused-ring (bicyclic) bond motifs is 4. The van der Waals surface area contributed by atoms with Gasteiger partial charge in [0.1, 0.15) is 0 Å². The molecule has 2 aliphatic heterocycles. The molecule has 2 aromatic carbocycles. The first-order valence-electron chi connectivity index (χ1n) is 19.3. The highest BCUT2D eigenvalue weighted by atomic mass is 35.5. The lowest BCUT2D eigenvalue weighted by Gasteiger charge is -2.29. The highest BCUT2D eigenvalue weighted by Gasteiger charge is 2.31. The van der Waals surface area contributed by atoms with Gasteiger partial charge in [-0.05, 0) is 129 Å². The second kappa shape index (κ2) is 17.3. The number of piperidine rings is 2. The minimum Gasteiger partial charge on any atom is -0.618 e. The molecule has 0 unspecified atom stereocenters. The number of amides is 2. The summed E-state index contributed by atoms with van der Waals surface area (Å²) in [5.41, 5.74) is 13.7. The van der Waals surface area contributed by atoms with Crippen molar-refractivity contribution in [3.8, 4) is 0 Å². The first-order chi connectivity index (χ1) is 26.7. The fourth-order valence-electron chi connectivity index (χ4n) is 8.25. The van der Waals surface area contributed by atoms with Gasteiger partial charge in [0.25, 0.3) is 0 Å². The molecule has 2 fully saturated rings. The van der Waals surface area contributed by atoms with E-state index in [1.807, 2.05) is 56.4 Å². The molecule has 11 heteroatoms. The summed E-state index contributed by atoms with van der Waals surface area (Å²) in [5.74, 6) is 0. The zero-order chi connectivity index (χ0) is 38.5. The van der Waals surface area contributed by atoms with E-state index in [2.05, 4.69) is 18.2 Å². The van der Waals surface area contributed by atoms with Gasteiger partial charge in [0.2, 0.25) is 5.69 Å². The van der Waals surface area contributed by atoms with E-state index in [1.54, 1.807) is 22.1 Å². The summed E-state index contributed by atoms with van der Waals surface area (Å²) < 4.78 is 11.3. The van der Waals surface area contributed by atoms with Crippen LogP contribution in [0.2, 0.25) is 10.0 Å². The molecule has 2 saturated heterocycles. The van der Waals surface area contributed by atoms with E-state index < -0.39 is 0 Å². The summed E-state index contributed by atoms with van der Waals surface area (Å²) in [7, 11) is 0. The van der Waals surface area contributed by atoms with Crippen molar-refractivity contribution in [1.82, 2.24) is 14.8 Å². The van der Waals surface area contributed by atoms with E-state index in [9.17, 15) is 14.8 Å². The highest BCUT2D eigenvalue weighted by Crippen LogP contribution is 2.40. The lowest BCUT2D eigenvalue weighted by molar-refractivity contribution is -0.608. The van der Waals surface area contributed by atoms with Crippen LogP contribution >= 0.6 is 23.2 Å². The third-order valence-corrected chi connectivity index (χ3v) is 11.4. The molecule has 55 heavy (non-hydrogen) atoms. The largest absolute Gasteiger partial charge is 0.618 e. The zero-order valence-corrected chi connectivity index (χ0v) is 32.9. The van der Waals surface area contributed by atoms with Gasteiger partial charge >= 0.3 is 12.2 Å². The summed E-state index contributed by atoms with van der Waals surface area (Å²) in [4.78, 5) is 32.4. The number of nitrogens with zero attached hydrogens (tertiary/aromatic N) is 4. The summed E-state index contributed by atoms with van der Waals surface area (Å²) >= 11 is 12.5. The van der Waals surface area contributed by atoms with Crippen molar-refractivity contribution in [1.29, 1.82) is 0 Å². The summed E-state index contributed by atoms with van der Waals surface area (Å²) in [6.07, 6.45) is 9.65. The Morgan fingerprint density at radius 2 is 1.16 bits per heavy atom. The minimum absolute atomic E-state index is 0.215. The van der Waals surface area contributed by atoms with Crippen molar-refractivity contribution in [2.24, 2.45) is 0 Å². The smallest absolute Gasteiger partial charge is 0.409 e. The van der Waals surface area contributed by atoms with E-state index >= 15 is 0 Å². The Balaban J connectivity index is 0.000000169. The lowest BCUT2D eigenvalue weighted by atomic mass is 9.88. The van der Waals surface area contributed by atoms with Crippen LogP contribution < -0.4 is 4.73 Å². The summed E-state index contributed by atoms with van der Waals surface area (Å²) in [6, 6.07) is 20.1. The maximum Gasteiger partial charge on any atom is 0.409 e. The molecule has 4 aliphatic rings. The standard InChI is InChI=1S/C22H23ClN2O3.C22H23ClN2O2/c1-2-28-22(26)24-12-9-15(10-13-24)20-19-8-7-18(23)14-17(19)6-5-16-4-3-11-25(27)21(16)20;1-2-27-22(26)25-12-9-15(10-13-25)20-19-8-7-18(23)14-17(19)6-5-16-4-3-11-24-21(16)20/h3-4,7-8,11,14H,2,5-6,9-10,12-13H2,1H3;3-4,7-8,11,14H,2,5-6,9-10,12-13H2,1H3. The van der Waals surface area contributed by atoms with Gasteiger partial charge in [-0.1, -0.05) is 52.5 Å². The Morgan fingerprint density at radius 1 is 0.673 bits per heavy atom. The van der Waals surface area contributed by atoms with Gasteiger partial charge in [-0.25, -0.2) is 9.59 Å². The summed E-state index contributed by atoms with van der Waals surface area (Å²) in [5, 5.41) is 14.3. The molecule has 9 nitrogen and oxygen atoms in total. The van der Waals surface area contributed by atoms with E-state index in [4.69, 9.17) is 37.7 Å². The molecular weight excluding hydrogens is 735 g/mol. The predicted octanol–water partition coefficient (Wildman–Crippen LogP) is 9.01. The number of pyridine rings is 2. The monoisotopic (exact) mass is 780 g/mol. The van der Waals surface area contributed by atoms with E-state index in [1.165, 1.54) is 39.0 Å². The van der Waals surface area contributed by atoms with Crippen LogP contribution in [0.5, 0.6) is 0 Å². The number of aromatic nitrogens is 2. The number of carbonyl (C=O) groups is 2. The molecule has 0 atom stereocenters. The molecule has 0 N–H and O–H groups in total. The van der Waals surface area contributed by atoms with Crippen LogP contribution in [0.4, 0.5) is 9.59 Å². The number of hydrogen-bond acceptors (Lipinski definition) is 6. The van der Waals surface area contributed by atoms with Gasteiger partial charge in [0.05, 0.1) is 24.5 Å². The van der Waals surface area contributed by atoms with E-state index in [0.717, 1.165) is 89.2 Å². The molecule has 2 amide bonds. The second-order valence-corrected chi connectivity index (χ2v) is 15.0. The average molecular weight is 782 g/mol. The van der Waals surface area contributed by atoms with Crippen molar-refractivity contribution < 1.29 is 23.8 Å². The van der Waals surface area contributed by atoms with Crippen LogP contribution in [0, 0.1) is 5.21 Å². The highest BCUT2D eigenvalue weighted by molar-refractivity contribution is 6.31. The van der Waals surface area contributed by atoms with E-state index in [0.29, 0.717) is 44.4 Å². The summed E-state index contributed by atoms with van der Waals surface area (Å²) in [6.45, 7) is 7.00. The molecule has 0 radical (unpaired) electrons. The Kier molecular flexibility index (Phi) is 12.1. The molecule has 286 valence electrons. The number of ether oxygens (including phenoxy) is 2. The Morgan fingerprint density at radius 3 is 1.73 bits per heavy atom. The number of aryl methyl sites for hydroxylation is 4. The van der Waals surface area contributed by atoms with Gasteiger partial charge in [0.15, 0.2) is 6.20 Å². The molecule has 4 aromatic rings. The first kappa shape index (κ1) is 38.4. The van der Waals surface area contributed by atoms with Gasteiger partial charge in [-0.3, -0.25) is 4.98 Å². The normalized spacial score (nSPS) is 16.4. The number of hydrogen-bond donors (Lipinski definition) is 0. The van der Waals surface area contributed by atoms with Crippen LogP contribution in [-0.2, 0) is 35.2 Å². The fourth-order valence-corrected chi connectivity index (χ4v) is 8.64. The third-order valence-electron chi connectivity index (χ3n) is 10.9. The minimum atomic E-state index is -0.265. The molecular formula is C44H46Cl2N4O5. The quantitative estimate of drug-likeness (QED) is 0.149. The second-order valence-electron chi connectivity index (χ2n) is 14.2.